The number of halogens is 1. The molecule has 1 amide bonds. The number of hydrogen-bond donors (Lipinski definition) is 1. The Bertz CT molecular complexity index is 713. The van der Waals surface area contributed by atoms with Gasteiger partial charge in [0.15, 0.2) is 5.76 Å². The first-order valence-electron chi connectivity index (χ1n) is 8.85. The van der Waals surface area contributed by atoms with Crippen LogP contribution in [-0.2, 0) is 13.1 Å². The van der Waals surface area contributed by atoms with Crippen molar-refractivity contribution in [2.45, 2.75) is 33.0 Å². The van der Waals surface area contributed by atoms with Crippen LogP contribution in [0.2, 0.25) is 0 Å². The lowest BCUT2D eigenvalue weighted by Gasteiger charge is -2.25. The molecule has 0 radical (unpaired) electrons. The van der Waals surface area contributed by atoms with Crippen LogP contribution >= 0.6 is 0 Å². The van der Waals surface area contributed by atoms with E-state index in [1.165, 1.54) is 6.07 Å². The van der Waals surface area contributed by atoms with Crippen LogP contribution in [0.15, 0.2) is 40.8 Å². The molecule has 0 aliphatic carbocycles. The Morgan fingerprint density at radius 2 is 1.96 bits per heavy atom. The average Bonchev–Trinajstić information content (AvgIpc) is 3.02. The molecule has 0 aliphatic heterocycles. The number of nitrogens with zero attached hydrogens (tertiary/aromatic N) is 2. The third-order valence-electron chi connectivity index (χ3n) is 4.09. The number of benzene rings is 1. The minimum atomic E-state index is -0.235. The first kappa shape index (κ1) is 20.1. The van der Waals surface area contributed by atoms with Gasteiger partial charge in [-0.15, -0.1) is 0 Å². The van der Waals surface area contributed by atoms with Crippen molar-refractivity contribution in [2.75, 3.05) is 27.2 Å². The van der Waals surface area contributed by atoms with Crippen LogP contribution in [0.4, 0.5) is 4.39 Å². The highest BCUT2D eigenvalue weighted by Crippen LogP contribution is 2.16. The molecule has 0 aliphatic rings. The summed E-state index contributed by atoms with van der Waals surface area (Å²) in [5, 5.41) is 2.84. The predicted octanol–water partition coefficient (Wildman–Crippen LogP) is 3.12. The van der Waals surface area contributed by atoms with Gasteiger partial charge in [0.05, 0.1) is 6.54 Å². The minimum absolute atomic E-state index is 0.209. The lowest BCUT2D eigenvalue weighted by molar-refractivity contribution is 0.0918. The highest BCUT2D eigenvalue weighted by molar-refractivity contribution is 5.91. The van der Waals surface area contributed by atoms with Crippen LogP contribution in [0, 0.1) is 5.82 Å². The quantitative estimate of drug-likeness (QED) is 0.746. The van der Waals surface area contributed by atoms with Gasteiger partial charge in [-0.25, -0.2) is 4.39 Å². The number of carbonyl (C=O) groups excluding carboxylic acids is 1. The van der Waals surface area contributed by atoms with E-state index in [1.807, 2.05) is 31.1 Å². The maximum Gasteiger partial charge on any atom is 0.287 e. The van der Waals surface area contributed by atoms with Gasteiger partial charge in [-0.2, -0.15) is 0 Å². The van der Waals surface area contributed by atoms with Crippen molar-refractivity contribution in [1.82, 2.24) is 15.1 Å². The Balaban J connectivity index is 1.97. The molecule has 26 heavy (non-hydrogen) atoms. The van der Waals surface area contributed by atoms with Crippen molar-refractivity contribution in [3.63, 3.8) is 0 Å². The number of hydrogen-bond acceptors (Lipinski definition) is 4. The molecule has 0 saturated carbocycles. The van der Waals surface area contributed by atoms with Gasteiger partial charge in [0.2, 0.25) is 0 Å². The molecule has 0 unspecified atom stereocenters. The molecule has 2 aromatic rings. The van der Waals surface area contributed by atoms with Crippen molar-refractivity contribution >= 4 is 5.91 Å². The summed E-state index contributed by atoms with van der Waals surface area (Å²) < 4.78 is 19.1. The molecule has 6 heteroatoms. The topological polar surface area (TPSA) is 48.7 Å². The van der Waals surface area contributed by atoms with Gasteiger partial charge in [-0.3, -0.25) is 9.69 Å². The SMILES string of the molecule is CC(C)N(Cc1cccc(F)c1)Cc1ccc(C(=O)NCCN(C)C)o1. The minimum Gasteiger partial charge on any atom is -0.455 e. The second-order valence-electron chi connectivity index (χ2n) is 6.95. The molecule has 0 spiro atoms. The fourth-order valence-electron chi connectivity index (χ4n) is 2.56. The number of carbonyl (C=O) groups is 1. The maximum atomic E-state index is 13.4. The molecule has 0 atom stereocenters. The Labute approximate surface area is 154 Å². The van der Waals surface area contributed by atoms with E-state index in [9.17, 15) is 9.18 Å². The maximum absolute atomic E-state index is 13.4. The van der Waals surface area contributed by atoms with Crippen molar-refractivity contribution in [1.29, 1.82) is 0 Å². The lowest BCUT2D eigenvalue weighted by atomic mass is 10.2. The monoisotopic (exact) mass is 361 g/mol. The normalized spacial score (nSPS) is 11.5. The zero-order valence-corrected chi connectivity index (χ0v) is 16.0. The second-order valence-corrected chi connectivity index (χ2v) is 6.95. The van der Waals surface area contributed by atoms with Gasteiger partial charge in [0.25, 0.3) is 5.91 Å². The van der Waals surface area contributed by atoms with Crippen LogP contribution < -0.4 is 5.32 Å². The van der Waals surface area contributed by atoms with Gasteiger partial charge in [-0.05, 0) is 57.8 Å². The van der Waals surface area contributed by atoms with E-state index in [-0.39, 0.29) is 17.8 Å². The molecule has 0 saturated heterocycles. The van der Waals surface area contributed by atoms with E-state index in [0.717, 1.165) is 12.1 Å². The second kappa shape index (κ2) is 9.50. The molecule has 1 heterocycles. The summed E-state index contributed by atoms with van der Waals surface area (Å²) >= 11 is 0. The molecular weight excluding hydrogens is 333 g/mol. The fourth-order valence-corrected chi connectivity index (χ4v) is 2.56. The smallest absolute Gasteiger partial charge is 0.287 e. The summed E-state index contributed by atoms with van der Waals surface area (Å²) in [5.41, 5.74) is 0.909. The molecule has 0 bridgehead atoms. The summed E-state index contributed by atoms with van der Waals surface area (Å²) in [5.74, 6) is 0.585. The standard InChI is InChI=1S/C20H28FN3O2/c1-15(2)24(13-16-6-5-7-17(21)12-16)14-18-8-9-19(26-18)20(25)22-10-11-23(3)4/h5-9,12,15H,10-11,13-14H2,1-4H3,(H,22,25). The highest BCUT2D eigenvalue weighted by atomic mass is 19.1. The van der Waals surface area contributed by atoms with Crippen LogP contribution in [0.25, 0.3) is 0 Å². The van der Waals surface area contributed by atoms with Gasteiger partial charge in [0.1, 0.15) is 11.6 Å². The predicted molar refractivity (Wildman–Crippen MR) is 100 cm³/mol. The first-order valence-corrected chi connectivity index (χ1v) is 8.85. The Hall–Kier alpha value is -2.18. The first-order chi connectivity index (χ1) is 12.3. The summed E-state index contributed by atoms with van der Waals surface area (Å²) in [6, 6.07) is 10.4. The molecule has 2 rings (SSSR count). The van der Waals surface area contributed by atoms with Gasteiger partial charge >= 0.3 is 0 Å². The number of nitrogens with one attached hydrogen (secondary N) is 1. The number of rotatable bonds is 9. The van der Waals surface area contributed by atoms with Crippen molar-refractivity contribution in [3.05, 3.63) is 59.3 Å². The molecule has 1 aromatic heterocycles. The van der Waals surface area contributed by atoms with E-state index in [1.54, 1.807) is 18.2 Å². The van der Waals surface area contributed by atoms with Crippen molar-refractivity contribution in [2.24, 2.45) is 0 Å². The van der Waals surface area contributed by atoms with Crippen molar-refractivity contribution in [3.8, 4) is 0 Å². The van der Waals surface area contributed by atoms with Gasteiger partial charge in [0, 0.05) is 25.7 Å². The van der Waals surface area contributed by atoms with E-state index < -0.39 is 0 Å². The van der Waals surface area contributed by atoms with Crippen LogP contribution in [0.1, 0.15) is 35.7 Å². The Kier molecular flexibility index (Phi) is 7.36. The largest absolute Gasteiger partial charge is 0.455 e. The summed E-state index contributed by atoms with van der Waals surface area (Å²) in [6.45, 7) is 6.67. The van der Waals surface area contributed by atoms with E-state index >= 15 is 0 Å². The summed E-state index contributed by atoms with van der Waals surface area (Å²) in [7, 11) is 3.91. The molecule has 142 valence electrons. The zero-order chi connectivity index (χ0) is 19.1. The zero-order valence-electron chi connectivity index (χ0n) is 16.0. The van der Waals surface area contributed by atoms with Crippen LogP contribution in [-0.4, -0.2) is 48.9 Å². The molecule has 0 fully saturated rings. The third-order valence-corrected chi connectivity index (χ3v) is 4.09. The lowest BCUT2D eigenvalue weighted by Crippen LogP contribution is -2.31. The molecule has 5 nitrogen and oxygen atoms in total. The number of furan rings is 1. The number of amides is 1. The van der Waals surface area contributed by atoms with E-state index in [4.69, 9.17) is 4.42 Å². The van der Waals surface area contributed by atoms with Gasteiger partial charge in [-0.1, -0.05) is 12.1 Å². The molecule has 1 N–H and O–H groups in total. The average molecular weight is 361 g/mol. The fraction of sp³-hybridized carbons (Fsp3) is 0.450. The summed E-state index contributed by atoms with van der Waals surface area (Å²) in [6.07, 6.45) is 0. The van der Waals surface area contributed by atoms with E-state index in [2.05, 4.69) is 24.1 Å². The Morgan fingerprint density at radius 3 is 2.62 bits per heavy atom. The van der Waals surface area contributed by atoms with Crippen LogP contribution in [0.5, 0.6) is 0 Å². The third kappa shape index (κ3) is 6.28. The number of likely N-dealkylation sites (N-methyl/N-ethyl adjacent to an activating group) is 1. The molecular formula is C20H28FN3O2. The highest BCUT2D eigenvalue weighted by Gasteiger charge is 2.16. The van der Waals surface area contributed by atoms with E-state index in [0.29, 0.717) is 31.2 Å². The molecule has 1 aromatic carbocycles. The Morgan fingerprint density at radius 1 is 1.19 bits per heavy atom. The van der Waals surface area contributed by atoms with Crippen LogP contribution in [0.3, 0.4) is 0 Å². The summed E-state index contributed by atoms with van der Waals surface area (Å²) in [4.78, 5) is 16.3. The van der Waals surface area contributed by atoms with Gasteiger partial charge < -0.3 is 14.6 Å². The van der Waals surface area contributed by atoms with Crippen molar-refractivity contribution < 1.29 is 13.6 Å².